The van der Waals surface area contributed by atoms with Crippen LogP contribution in [0.15, 0.2) is 12.7 Å². The van der Waals surface area contributed by atoms with E-state index in [1.54, 1.807) is 0 Å². The zero-order chi connectivity index (χ0) is 17.7. The molecule has 0 aliphatic carbocycles. The third-order valence-electron chi connectivity index (χ3n) is 3.68. The standard InChI is InChI=1S/C10H13N5O4.2C2H5.Sn/c11-8-5-9(13-2-12-8)15(3-14-5)10-7(18)6(17)4(1-16)19-10;2*1-2;/h2-4,6-7,10,16-18H,1H2,(H2,11,12,13);2*1H2,2H3;. The second-order valence-corrected chi connectivity index (χ2v) is 10.7. The minimum absolute atomic E-state index is 0.218. The van der Waals surface area contributed by atoms with Crippen LogP contribution in [-0.4, -0.2) is 80.9 Å². The van der Waals surface area contributed by atoms with E-state index in [-0.39, 0.29) is 27.0 Å². The van der Waals surface area contributed by atoms with Crippen molar-refractivity contribution in [2.75, 3.05) is 12.3 Å². The van der Waals surface area contributed by atoms with Crippen molar-refractivity contribution in [1.82, 2.24) is 19.5 Å². The number of imidazole rings is 1. The molecule has 132 valence electrons. The van der Waals surface area contributed by atoms with Crippen molar-refractivity contribution in [2.45, 2.75) is 47.3 Å². The van der Waals surface area contributed by atoms with Gasteiger partial charge in [-0.05, 0) is 0 Å². The van der Waals surface area contributed by atoms with E-state index in [1.165, 1.54) is 26.1 Å². The number of aliphatic hydroxyl groups excluding tert-OH is 3. The van der Waals surface area contributed by atoms with E-state index in [0.29, 0.717) is 11.2 Å². The van der Waals surface area contributed by atoms with Gasteiger partial charge in [0.25, 0.3) is 0 Å². The van der Waals surface area contributed by atoms with Crippen LogP contribution >= 0.6 is 0 Å². The molecule has 1 saturated heterocycles. The molecule has 4 unspecified atom stereocenters. The zero-order valence-corrected chi connectivity index (χ0v) is 16.6. The van der Waals surface area contributed by atoms with E-state index in [0.717, 1.165) is 0 Å². The molecule has 1 aliphatic rings. The van der Waals surface area contributed by atoms with E-state index in [2.05, 4.69) is 28.8 Å². The Morgan fingerprint density at radius 3 is 2.46 bits per heavy atom. The molecule has 0 bridgehead atoms. The van der Waals surface area contributed by atoms with Crippen LogP contribution in [0.3, 0.4) is 0 Å². The van der Waals surface area contributed by atoms with Crippen molar-refractivity contribution < 1.29 is 20.1 Å². The van der Waals surface area contributed by atoms with Crippen molar-refractivity contribution in [3.05, 3.63) is 12.7 Å². The van der Waals surface area contributed by atoms with Gasteiger partial charge in [-0.15, -0.1) is 0 Å². The fourth-order valence-electron chi connectivity index (χ4n) is 2.42. The number of ether oxygens (including phenoxy) is 1. The predicted octanol–water partition coefficient (Wildman–Crippen LogP) is -0.413. The van der Waals surface area contributed by atoms with E-state index in [1.807, 2.05) is 0 Å². The fourth-order valence-corrected chi connectivity index (χ4v) is 3.84. The Bertz CT molecular complexity index is 653. The van der Waals surface area contributed by atoms with Gasteiger partial charge in [0.15, 0.2) is 17.7 Å². The number of hydrogen-bond acceptors (Lipinski definition) is 8. The molecule has 3 rings (SSSR count). The summed E-state index contributed by atoms with van der Waals surface area (Å²) in [5.74, 6) is 0.218. The quantitative estimate of drug-likeness (QED) is 0.467. The van der Waals surface area contributed by atoms with Gasteiger partial charge in [-0.2, -0.15) is 0 Å². The Kier molecular flexibility index (Phi) is 7.16. The average Bonchev–Trinajstić information content (AvgIpc) is 3.12. The summed E-state index contributed by atoms with van der Waals surface area (Å²) in [4.78, 5) is 11.9. The van der Waals surface area contributed by atoms with Gasteiger partial charge in [0.05, 0.1) is 12.9 Å². The number of rotatable bonds is 4. The molecule has 0 amide bonds. The van der Waals surface area contributed by atoms with Crippen LogP contribution in [0, 0.1) is 0 Å². The van der Waals surface area contributed by atoms with Crippen LogP contribution in [-0.2, 0) is 4.74 Å². The van der Waals surface area contributed by atoms with Crippen LogP contribution < -0.4 is 5.73 Å². The first kappa shape index (κ1) is 19.3. The van der Waals surface area contributed by atoms with Crippen LogP contribution in [0.2, 0.25) is 8.87 Å². The number of aliphatic hydroxyl groups is 3. The molecule has 0 aromatic carbocycles. The predicted molar refractivity (Wildman–Crippen MR) is 89.5 cm³/mol. The number of nitrogen functional groups attached to an aromatic ring is 1. The largest absolute Gasteiger partial charge is 0.394 e. The van der Waals surface area contributed by atoms with Crippen LogP contribution in [0.4, 0.5) is 5.82 Å². The van der Waals surface area contributed by atoms with Gasteiger partial charge in [0.1, 0.15) is 30.2 Å². The second kappa shape index (κ2) is 8.90. The molecule has 10 heteroatoms. The summed E-state index contributed by atoms with van der Waals surface area (Å²) >= 11 is 0.218. The van der Waals surface area contributed by atoms with Gasteiger partial charge in [-0.3, -0.25) is 4.57 Å². The molecule has 24 heavy (non-hydrogen) atoms. The summed E-state index contributed by atoms with van der Waals surface area (Å²) in [6, 6.07) is 0. The Morgan fingerprint density at radius 1 is 1.21 bits per heavy atom. The second-order valence-electron chi connectivity index (χ2n) is 5.27. The smallest absolute Gasteiger partial charge is 0.167 e. The summed E-state index contributed by atoms with van der Waals surface area (Å²) in [5, 5.41) is 28.7. The minimum Gasteiger partial charge on any atom is -0.394 e. The fraction of sp³-hybridized carbons (Fsp3) is 0.643. The van der Waals surface area contributed by atoms with Crippen LogP contribution in [0.25, 0.3) is 11.2 Å². The van der Waals surface area contributed by atoms with Crippen molar-refractivity contribution >= 4 is 38.1 Å². The molecule has 3 heterocycles. The Labute approximate surface area is 150 Å². The molecule has 5 N–H and O–H groups in total. The first-order chi connectivity index (χ1) is 11.5. The molecule has 0 spiro atoms. The summed E-state index contributed by atoms with van der Waals surface area (Å²) in [6.45, 7) is 4.18. The van der Waals surface area contributed by atoms with Crippen molar-refractivity contribution in [1.29, 1.82) is 0 Å². The third-order valence-corrected chi connectivity index (χ3v) is 6.53. The molecule has 1 fully saturated rings. The molecule has 4 atom stereocenters. The SMILES string of the molecule is C[CH2][Sn][CH2]C.Nc1ncnc2c1ncn2C1OC(CO)C(O)C1O. The molecule has 0 saturated carbocycles. The minimum atomic E-state index is -1.19. The summed E-state index contributed by atoms with van der Waals surface area (Å²) in [6.07, 6.45) is -1.42. The first-order valence-corrected chi connectivity index (χ1v) is 11.8. The van der Waals surface area contributed by atoms with Crippen molar-refractivity contribution in [3.63, 3.8) is 0 Å². The molecular formula is C14H23N5O4Sn. The van der Waals surface area contributed by atoms with Gasteiger partial charge in [0, 0.05) is 0 Å². The summed E-state index contributed by atoms with van der Waals surface area (Å²) in [5.41, 5.74) is 6.44. The van der Waals surface area contributed by atoms with E-state index in [4.69, 9.17) is 15.6 Å². The topological polar surface area (TPSA) is 140 Å². The van der Waals surface area contributed by atoms with Crippen LogP contribution in [0.5, 0.6) is 0 Å². The van der Waals surface area contributed by atoms with Gasteiger partial charge < -0.3 is 25.8 Å². The Morgan fingerprint density at radius 2 is 1.92 bits per heavy atom. The molecule has 2 aromatic rings. The van der Waals surface area contributed by atoms with Gasteiger partial charge in [0.2, 0.25) is 0 Å². The summed E-state index contributed by atoms with van der Waals surface area (Å²) < 4.78 is 9.88. The molecular weight excluding hydrogens is 421 g/mol. The number of anilines is 1. The maximum Gasteiger partial charge on any atom is 0.167 e. The third kappa shape index (κ3) is 3.97. The number of nitrogens with zero attached hydrogens (tertiary/aromatic N) is 4. The van der Waals surface area contributed by atoms with Gasteiger partial charge >= 0.3 is 43.9 Å². The molecule has 1 aliphatic heterocycles. The molecule has 2 aromatic heterocycles. The molecule has 9 nitrogen and oxygen atoms in total. The number of aromatic nitrogens is 4. The molecule has 2 radical (unpaired) electrons. The number of fused-ring (bicyclic) bond motifs is 1. The zero-order valence-electron chi connectivity index (χ0n) is 13.7. The van der Waals surface area contributed by atoms with E-state index < -0.39 is 31.1 Å². The van der Waals surface area contributed by atoms with Gasteiger partial charge in [-0.25, -0.2) is 15.0 Å². The normalized spacial score (nSPS) is 26.4. The van der Waals surface area contributed by atoms with E-state index in [9.17, 15) is 10.2 Å². The van der Waals surface area contributed by atoms with Gasteiger partial charge in [-0.1, -0.05) is 0 Å². The average molecular weight is 444 g/mol. The Balaban J connectivity index is 0.000000368. The number of nitrogens with two attached hydrogens (primary N) is 1. The number of hydrogen-bond donors (Lipinski definition) is 4. The van der Waals surface area contributed by atoms with Crippen molar-refractivity contribution in [2.24, 2.45) is 0 Å². The maximum atomic E-state index is 9.95. The van der Waals surface area contributed by atoms with Crippen molar-refractivity contribution in [3.8, 4) is 0 Å². The van der Waals surface area contributed by atoms with Crippen LogP contribution in [0.1, 0.15) is 20.1 Å². The summed E-state index contributed by atoms with van der Waals surface area (Å²) in [7, 11) is 0. The maximum absolute atomic E-state index is 9.95. The Hall–Kier alpha value is -1.01. The monoisotopic (exact) mass is 445 g/mol. The first-order valence-electron chi connectivity index (χ1n) is 7.81. The van der Waals surface area contributed by atoms with E-state index >= 15 is 0 Å².